The zero-order valence-corrected chi connectivity index (χ0v) is 11.5. The molecule has 2 N–H and O–H groups in total. The lowest BCUT2D eigenvalue weighted by molar-refractivity contribution is 0.426. The lowest BCUT2D eigenvalue weighted by Gasteiger charge is -2.08. The molecule has 106 valence electrons. The summed E-state index contributed by atoms with van der Waals surface area (Å²) in [6.45, 7) is 0. The highest BCUT2D eigenvalue weighted by atomic mass is 16.4. The summed E-state index contributed by atoms with van der Waals surface area (Å²) < 4.78 is 41.9. The van der Waals surface area contributed by atoms with Gasteiger partial charge in [0.15, 0.2) is 0 Å². The average Bonchev–Trinajstić information content (AvgIpc) is 3.00. The summed E-state index contributed by atoms with van der Waals surface area (Å²) in [4.78, 5) is 0. The minimum Gasteiger partial charge on any atom is -0.423 e. The molecule has 3 nitrogen and oxygen atoms in total. The van der Waals surface area contributed by atoms with Gasteiger partial charge in [-0.2, -0.15) is 0 Å². The number of para-hydroxylation sites is 2. The van der Waals surface area contributed by atoms with Gasteiger partial charge in [-0.3, -0.25) is 0 Å². The molecule has 4 heteroatoms. The van der Waals surface area contributed by atoms with Crippen molar-refractivity contribution in [3.8, 4) is 5.69 Å². The van der Waals surface area contributed by atoms with Crippen LogP contribution in [0.4, 0.5) is 0 Å². The molecule has 1 aromatic heterocycles. The van der Waals surface area contributed by atoms with Crippen LogP contribution in [-0.2, 0) is 0 Å². The van der Waals surface area contributed by atoms with Crippen molar-refractivity contribution in [2.45, 2.75) is 0 Å². The summed E-state index contributed by atoms with van der Waals surface area (Å²) in [6, 6.07) is 10.2. The lowest BCUT2D eigenvalue weighted by Crippen LogP contribution is -2.30. The first-order chi connectivity index (χ1) is 12.8. The van der Waals surface area contributed by atoms with E-state index in [9.17, 15) is 10.0 Å². The summed E-state index contributed by atoms with van der Waals surface area (Å²) in [5.74, 6) is 0. The second kappa shape index (κ2) is 5.02. The molecule has 0 aliphatic rings. The van der Waals surface area contributed by atoms with E-state index in [0.29, 0.717) is 21.8 Å². The molecular formula is C18H14BNO2. The molecule has 0 saturated carbocycles. The van der Waals surface area contributed by atoms with Crippen LogP contribution in [-0.4, -0.2) is 21.7 Å². The summed E-state index contributed by atoms with van der Waals surface area (Å²) in [6.07, 6.45) is 0. The topological polar surface area (TPSA) is 45.4 Å². The number of hydrogen-bond acceptors (Lipinski definition) is 2. The molecule has 0 bridgehead atoms. The molecule has 4 aromatic rings. The van der Waals surface area contributed by atoms with Crippen molar-refractivity contribution in [1.82, 2.24) is 4.57 Å². The first-order valence-corrected chi connectivity index (χ1v) is 6.80. The van der Waals surface area contributed by atoms with Crippen LogP contribution in [0.3, 0.4) is 0 Å². The lowest BCUT2D eigenvalue weighted by atomic mass is 9.77. The average molecular weight is 292 g/mol. The van der Waals surface area contributed by atoms with Gasteiger partial charge in [-0.15, -0.1) is 0 Å². The van der Waals surface area contributed by atoms with Gasteiger partial charge in [0, 0.05) is 16.5 Å². The molecular weight excluding hydrogens is 273 g/mol. The van der Waals surface area contributed by atoms with E-state index in [1.54, 1.807) is 47.0 Å². The van der Waals surface area contributed by atoms with E-state index in [2.05, 4.69) is 0 Å². The summed E-state index contributed by atoms with van der Waals surface area (Å²) >= 11 is 0. The highest BCUT2D eigenvalue weighted by Crippen LogP contribution is 2.30. The molecule has 0 spiro atoms. The highest BCUT2D eigenvalue weighted by Gasteiger charge is 2.20. The maximum absolute atomic E-state index is 9.78. The first-order valence-electron chi connectivity index (χ1n) is 9.30. The van der Waals surface area contributed by atoms with Crippen molar-refractivity contribution >= 4 is 34.4 Å². The monoisotopic (exact) mass is 292 g/mol. The van der Waals surface area contributed by atoms with Gasteiger partial charge < -0.3 is 14.6 Å². The number of nitrogens with zero attached hydrogens (tertiary/aromatic N) is 1. The maximum atomic E-state index is 9.78. The Morgan fingerprint density at radius 2 is 1.59 bits per heavy atom. The fourth-order valence-corrected chi connectivity index (χ4v) is 2.86. The fraction of sp³-hybridized carbons (Fsp3) is 0. The van der Waals surface area contributed by atoms with Crippen molar-refractivity contribution in [1.29, 1.82) is 0 Å². The van der Waals surface area contributed by atoms with Crippen molar-refractivity contribution in [2.75, 3.05) is 0 Å². The third-order valence-electron chi connectivity index (χ3n) is 3.72. The number of aromatic nitrogens is 1. The summed E-state index contributed by atoms with van der Waals surface area (Å²) in [7, 11) is -1.70. The van der Waals surface area contributed by atoms with E-state index in [4.69, 9.17) is 6.85 Å². The standard InChI is InChI=1S/C18H14BNO2/c21-19(22)15-10-6-12-17-18(15)14-9-4-5-11-16(14)20(17)13-7-2-1-3-8-13/h1-12,21-22H/i1D,2D,3D,7D,8D. The van der Waals surface area contributed by atoms with Gasteiger partial charge in [-0.05, 0) is 29.7 Å². The van der Waals surface area contributed by atoms with Crippen LogP contribution in [0.5, 0.6) is 0 Å². The molecule has 0 amide bonds. The van der Waals surface area contributed by atoms with Crippen LogP contribution in [0.15, 0.2) is 72.7 Å². The number of hydrogen-bond donors (Lipinski definition) is 2. The maximum Gasteiger partial charge on any atom is 0.489 e. The predicted molar refractivity (Wildman–Crippen MR) is 90.6 cm³/mol. The molecule has 3 aromatic carbocycles. The molecule has 4 rings (SSSR count). The number of fused-ring (bicyclic) bond motifs is 3. The zero-order chi connectivity index (χ0) is 19.5. The third-order valence-corrected chi connectivity index (χ3v) is 3.72. The van der Waals surface area contributed by atoms with E-state index in [1.807, 2.05) is 0 Å². The Balaban J connectivity index is 2.27. The largest absolute Gasteiger partial charge is 0.489 e. The Morgan fingerprint density at radius 3 is 2.36 bits per heavy atom. The molecule has 22 heavy (non-hydrogen) atoms. The van der Waals surface area contributed by atoms with Gasteiger partial charge in [-0.1, -0.05) is 48.5 Å². The van der Waals surface area contributed by atoms with Gasteiger partial charge in [0.2, 0.25) is 0 Å². The Kier molecular flexibility index (Phi) is 2.00. The van der Waals surface area contributed by atoms with Crippen LogP contribution in [0.2, 0.25) is 0 Å². The van der Waals surface area contributed by atoms with Crippen LogP contribution < -0.4 is 5.46 Å². The van der Waals surface area contributed by atoms with E-state index in [1.165, 1.54) is 0 Å². The second-order valence-electron chi connectivity index (χ2n) is 4.94. The SMILES string of the molecule is [2H]c1c([2H])c([2H])c(-n2c3ccccc3c3c(B(O)O)cccc32)c([2H])c1[2H]. The zero-order valence-electron chi connectivity index (χ0n) is 16.5. The predicted octanol–water partition coefficient (Wildman–Crippen LogP) is 2.46. The van der Waals surface area contributed by atoms with Crippen molar-refractivity contribution in [3.05, 3.63) is 72.7 Å². The quantitative estimate of drug-likeness (QED) is 0.557. The fourth-order valence-electron chi connectivity index (χ4n) is 2.86. The van der Waals surface area contributed by atoms with Gasteiger partial charge >= 0.3 is 7.12 Å². The van der Waals surface area contributed by atoms with Crippen LogP contribution in [0, 0.1) is 0 Å². The van der Waals surface area contributed by atoms with Gasteiger partial charge in [0.1, 0.15) is 0 Å². The minimum atomic E-state index is -1.70. The van der Waals surface area contributed by atoms with Crippen LogP contribution in [0.1, 0.15) is 6.85 Å². The van der Waals surface area contributed by atoms with Crippen LogP contribution in [0.25, 0.3) is 27.5 Å². The number of benzene rings is 3. The van der Waals surface area contributed by atoms with Crippen molar-refractivity contribution < 1.29 is 16.9 Å². The minimum absolute atomic E-state index is 0.0248. The number of rotatable bonds is 2. The normalized spacial score (nSPS) is 14.4. The van der Waals surface area contributed by atoms with Crippen LogP contribution >= 0.6 is 0 Å². The van der Waals surface area contributed by atoms with E-state index in [0.717, 1.165) is 0 Å². The molecule has 0 aliphatic carbocycles. The second-order valence-corrected chi connectivity index (χ2v) is 4.94. The van der Waals surface area contributed by atoms with Gasteiger partial charge in [-0.25, -0.2) is 0 Å². The molecule has 0 radical (unpaired) electrons. The van der Waals surface area contributed by atoms with E-state index < -0.39 is 25.2 Å². The Hall–Kier alpha value is -2.56. The smallest absolute Gasteiger partial charge is 0.423 e. The van der Waals surface area contributed by atoms with Gasteiger partial charge in [0.05, 0.1) is 17.9 Å². The van der Waals surface area contributed by atoms with E-state index >= 15 is 0 Å². The Bertz CT molecular complexity index is 1190. The Morgan fingerprint density at radius 1 is 0.864 bits per heavy atom. The summed E-state index contributed by atoms with van der Waals surface area (Å²) in [5, 5.41) is 20.8. The molecule has 0 saturated heterocycles. The molecule has 0 atom stereocenters. The molecule has 1 heterocycles. The molecule has 0 unspecified atom stereocenters. The van der Waals surface area contributed by atoms with Gasteiger partial charge in [0.25, 0.3) is 0 Å². The first kappa shape index (κ1) is 8.78. The van der Waals surface area contributed by atoms with E-state index in [-0.39, 0.29) is 23.2 Å². The third kappa shape index (κ3) is 1.85. The molecule has 0 fully saturated rings. The summed E-state index contributed by atoms with van der Waals surface area (Å²) in [5.41, 5.74) is 1.45. The van der Waals surface area contributed by atoms with Crippen molar-refractivity contribution in [3.63, 3.8) is 0 Å². The van der Waals surface area contributed by atoms with Crippen molar-refractivity contribution in [2.24, 2.45) is 0 Å². The Labute approximate surface area is 135 Å². The highest BCUT2D eigenvalue weighted by molar-refractivity contribution is 6.63. The molecule has 0 aliphatic heterocycles.